The summed E-state index contributed by atoms with van der Waals surface area (Å²) >= 11 is 1.78. The summed E-state index contributed by atoms with van der Waals surface area (Å²) in [4.78, 5) is 11.7. The zero-order valence-electron chi connectivity index (χ0n) is 9.24. The van der Waals surface area contributed by atoms with Gasteiger partial charge in [0.1, 0.15) is 6.10 Å². The summed E-state index contributed by atoms with van der Waals surface area (Å²) in [5, 5.41) is 0.415. The Balaban J connectivity index is 2.78. The minimum absolute atomic E-state index is 0.00241. The van der Waals surface area contributed by atoms with Crippen LogP contribution in [0.1, 0.15) is 27.2 Å². The van der Waals surface area contributed by atoms with Crippen molar-refractivity contribution in [1.82, 2.24) is 0 Å². The molecule has 0 aliphatic carbocycles. The van der Waals surface area contributed by atoms with Crippen LogP contribution in [0.25, 0.3) is 0 Å². The van der Waals surface area contributed by atoms with Crippen molar-refractivity contribution >= 4 is 17.5 Å². The highest BCUT2D eigenvalue weighted by atomic mass is 32.2. The van der Waals surface area contributed by atoms with Gasteiger partial charge in [-0.15, -0.1) is 0 Å². The van der Waals surface area contributed by atoms with Crippen LogP contribution in [-0.4, -0.2) is 23.4 Å². The first-order valence-electron chi connectivity index (χ1n) is 5.01. The second kappa shape index (κ2) is 4.87. The van der Waals surface area contributed by atoms with E-state index >= 15 is 0 Å². The van der Waals surface area contributed by atoms with E-state index in [1.165, 1.54) is 0 Å². The third-order valence-electron chi connectivity index (χ3n) is 2.77. The molecule has 2 nitrogen and oxygen atoms in total. The fraction of sp³-hybridized carbons (Fsp3) is 0.727. The Hall–Kier alpha value is -0.440. The highest BCUT2D eigenvalue weighted by molar-refractivity contribution is 7.99. The van der Waals surface area contributed by atoms with Crippen molar-refractivity contribution in [3.05, 3.63) is 11.8 Å². The second-order valence-electron chi connectivity index (χ2n) is 3.74. The fourth-order valence-corrected chi connectivity index (χ4v) is 2.71. The molecule has 80 valence electrons. The minimum atomic E-state index is -0.00241. The Kier molecular flexibility index (Phi) is 4.05. The lowest BCUT2D eigenvalue weighted by atomic mass is 9.90. The Morgan fingerprint density at radius 1 is 1.64 bits per heavy atom. The zero-order valence-corrected chi connectivity index (χ0v) is 10.1. The molecule has 0 amide bonds. The van der Waals surface area contributed by atoms with Gasteiger partial charge in [-0.3, -0.25) is 4.79 Å². The van der Waals surface area contributed by atoms with Gasteiger partial charge < -0.3 is 4.74 Å². The smallest absolute Gasteiger partial charge is 0.168 e. The number of ketones is 1. The molecule has 0 N–H and O–H groups in total. The third kappa shape index (κ3) is 2.14. The molecule has 1 aliphatic heterocycles. The maximum Gasteiger partial charge on any atom is 0.168 e. The van der Waals surface area contributed by atoms with Crippen LogP contribution in [0.5, 0.6) is 0 Å². The number of allylic oxidation sites excluding steroid dienone is 1. The number of ether oxygens (including phenoxy) is 1. The Morgan fingerprint density at radius 2 is 2.29 bits per heavy atom. The van der Waals surface area contributed by atoms with Crippen molar-refractivity contribution in [3.63, 3.8) is 0 Å². The molecule has 1 aliphatic rings. The summed E-state index contributed by atoms with van der Waals surface area (Å²) in [5.41, 5.74) is 0.740. The van der Waals surface area contributed by atoms with Crippen molar-refractivity contribution in [2.75, 3.05) is 6.26 Å². The molecule has 0 spiro atoms. The second-order valence-corrected chi connectivity index (χ2v) is 4.81. The number of carbonyl (C=O) groups is 1. The number of carbonyl (C=O) groups excluding carboxylic acids is 1. The average molecular weight is 214 g/mol. The van der Waals surface area contributed by atoms with E-state index < -0.39 is 0 Å². The standard InChI is InChI=1S/C11H18O2S/c1-5-9(14-4)11-8(3)10(12)7(2)6-13-11/h6,8-9,11H,5H2,1-4H3/t8-,9-,11+/m0/s1. The van der Waals surface area contributed by atoms with E-state index in [1.54, 1.807) is 18.0 Å². The topological polar surface area (TPSA) is 26.3 Å². The molecule has 0 saturated heterocycles. The van der Waals surface area contributed by atoms with Crippen LogP contribution in [0.3, 0.4) is 0 Å². The van der Waals surface area contributed by atoms with Gasteiger partial charge in [0.05, 0.1) is 12.2 Å². The van der Waals surface area contributed by atoms with Gasteiger partial charge in [-0.2, -0.15) is 11.8 Å². The number of hydrogen-bond acceptors (Lipinski definition) is 3. The van der Waals surface area contributed by atoms with Crippen LogP contribution in [0, 0.1) is 5.92 Å². The van der Waals surface area contributed by atoms with Crippen LogP contribution in [-0.2, 0) is 9.53 Å². The normalized spacial score (nSPS) is 29.4. The Bertz CT molecular complexity index is 244. The van der Waals surface area contributed by atoms with Crippen molar-refractivity contribution < 1.29 is 9.53 Å². The predicted octanol–water partition coefficient (Wildman–Crippen LogP) is 2.64. The van der Waals surface area contributed by atoms with E-state index in [0.717, 1.165) is 12.0 Å². The molecule has 0 aromatic heterocycles. The fourth-order valence-electron chi connectivity index (χ4n) is 1.81. The van der Waals surface area contributed by atoms with Crippen molar-refractivity contribution in [2.45, 2.75) is 38.5 Å². The van der Waals surface area contributed by atoms with Gasteiger partial charge in [0.15, 0.2) is 5.78 Å². The molecular formula is C11H18O2S. The third-order valence-corrected chi connectivity index (χ3v) is 3.98. The van der Waals surface area contributed by atoms with Crippen LogP contribution in [0.15, 0.2) is 11.8 Å². The maximum absolute atomic E-state index is 11.7. The van der Waals surface area contributed by atoms with E-state index in [9.17, 15) is 4.79 Å². The van der Waals surface area contributed by atoms with Gasteiger partial charge in [-0.25, -0.2) is 0 Å². The van der Waals surface area contributed by atoms with E-state index in [4.69, 9.17) is 4.74 Å². The molecular weight excluding hydrogens is 196 g/mol. The predicted molar refractivity (Wildman–Crippen MR) is 60.4 cm³/mol. The maximum atomic E-state index is 11.7. The first-order chi connectivity index (χ1) is 6.61. The molecule has 0 bridgehead atoms. The van der Waals surface area contributed by atoms with Crippen LogP contribution in [0.2, 0.25) is 0 Å². The molecule has 3 heteroatoms. The summed E-state index contributed by atoms with van der Waals surface area (Å²) in [6, 6.07) is 0. The molecule has 0 unspecified atom stereocenters. The Morgan fingerprint density at radius 3 is 2.79 bits per heavy atom. The first-order valence-corrected chi connectivity index (χ1v) is 6.29. The number of thioether (sulfide) groups is 1. The summed E-state index contributed by atoms with van der Waals surface area (Å²) in [7, 11) is 0. The van der Waals surface area contributed by atoms with Gasteiger partial charge >= 0.3 is 0 Å². The molecule has 1 heterocycles. The van der Waals surface area contributed by atoms with Gasteiger partial charge in [0.2, 0.25) is 0 Å². The van der Waals surface area contributed by atoms with Crippen LogP contribution >= 0.6 is 11.8 Å². The number of Topliss-reactive ketones (excluding diaryl/α,β-unsaturated/α-hetero) is 1. The summed E-state index contributed by atoms with van der Waals surface area (Å²) < 4.78 is 5.61. The lowest BCUT2D eigenvalue weighted by Crippen LogP contribution is -2.38. The SMILES string of the molecule is CC[C@H](SC)[C@@H]1OC=C(C)C(=O)[C@@H]1C. The van der Waals surface area contributed by atoms with Crippen LogP contribution in [0.4, 0.5) is 0 Å². The lowest BCUT2D eigenvalue weighted by Gasteiger charge is -2.32. The van der Waals surface area contributed by atoms with Gasteiger partial charge in [0, 0.05) is 10.8 Å². The van der Waals surface area contributed by atoms with Gasteiger partial charge in [0.25, 0.3) is 0 Å². The number of hydrogen-bond donors (Lipinski definition) is 0. The number of rotatable bonds is 3. The summed E-state index contributed by atoms with van der Waals surface area (Å²) in [5.74, 6) is 0.228. The molecule has 0 saturated carbocycles. The lowest BCUT2D eigenvalue weighted by molar-refractivity contribution is -0.124. The molecule has 3 atom stereocenters. The molecule has 0 fully saturated rings. The van der Waals surface area contributed by atoms with E-state index in [-0.39, 0.29) is 17.8 Å². The van der Waals surface area contributed by atoms with Crippen molar-refractivity contribution in [1.29, 1.82) is 0 Å². The van der Waals surface area contributed by atoms with Crippen molar-refractivity contribution in [2.24, 2.45) is 5.92 Å². The summed E-state index contributed by atoms with van der Waals surface area (Å²) in [6.45, 7) is 5.91. The molecule has 0 aromatic carbocycles. The molecule has 1 rings (SSSR count). The zero-order chi connectivity index (χ0) is 10.7. The van der Waals surface area contributed by atoms with E-state index in [1.807, 2.05) is 13.8 Å². The minimum Gasteiger partial charge on any atom is -0.496 e. The highest BCUT2D eigenvalue weighted by Gasteiger charge is 2.34. The average Bonchev–Trinajstić information content (AvgIpc) is 2.19. The molecule has 14 heavy (non-hydrogen) atoms. The van der Waals surface area contributed by atoms with Gasteiger partial charge in [-0.1, -0.05) is 13.8 Å². The van der Waals surface area contributed by atoms with Crippen LogP contribution < -0.4 is 0 Å². The summed E-state index contributed by atoms with van der Waals surface area (Å²) in [6.07, 6.45) is 4.77. The van der Waals surface area contributed by atoms with Gasteiger partial charge in [-0.05, 0) is 19.6 Å². The monoisotopic (exact) mass is 214 g/mol. The van der Waals surface area contributed by atoms with Crippen molar-refractivity contribution in [3.8, 4) is 0 Å². The molecule has 0 aromatic rings. The quantitative estimate of drug-likeness (QED) is 0.722. The first kappa shape index (κ1) is 11.6. The largest absolute Gasteiger partial charge is 0.496 e. The van der Waals surface area contributed by atoms with E-state index in [2.05, 4.69) is 13.2 Å². The highest BCUT2D eigenvalue weighted by Crippen LogP contribution is 2.29. The van der Waals surface area contributed by atoms with E-state index in [0.29, 0.717) is 5.25 Å². The molecule has 0 radical (unpaired) electrons. The Labute approximate surface area is 90.1 Å².